The van der Waals surface area contributed by atoms with Gasteiger partial charge in [-0.05, 0) is 38.1 Å². The van der Waals surface area contributed by atoms with Crippen LogP contribution in [0, 0.1) is 0 Å². The van der Waals surface area contributed by atoms with Gasteiger partial charge in [-0.15, -0.1) is 0 Å². The third-order valence-electron chi connectivity index (χ3n) is 3.20. The van der Waals surface area contributed by atoms with E-state index in [2.05, 4.69) is 34.4 Å². The summed E-state index contributed by atoms with van der Waals surface area (Å²) in [5, 5.41) is 3.04. The van der Waals surface area contributed by atoms with E-state index in [0.29, 0.717) is 6.04 Å². The van der Waals surface area contributed by atoms with Gasteiger partial charge in [-0.25, -0.2) is 4.98 Å². The molecule has 82 valence electrons. The summed E-state index contributed by atoms with van der Waals surface area (Å²) in [6.45, 7) is 1.21. The van der Waals surface area contributed by atoms with Gasteiger partial charge >= 0.3 is 0 Å². The molecule has 3 nitrogen and oxygen atoms in total. The van der Waals surface area contributed by atoms with Crippen LogP contribution in [-0.2, 0) is 0 Å². The first-order valence-electron chi connectivity index (χ1n) is 5.65. The number of pyridine rings is 1. The number of hydrogen-bond acceptors (Lipinski definition) is 3. The normalized spacial score (nSPS) is 22.7. The van der Waals surface area contributed by atoms with Crippen LogP contribution in [0.3, 0.4) is 0 Å². The molecule has 0 amide bonds. The molecule has 15 heavy (non-hydrogen) atoms. The Bertz CT molecular complexity index is 307. The summed E-state index contributed by atoms with van der Waals surface area (Å²) in [5.41, 5.74) is 1.34. The van der Waals surface area contributed by atoms with Crippen LogP contribution >= 0.6 is 0 Å². The lowest BCUT2D eigenvalue weighted by Crippen LogP contribution is -2.29. The molecule has 1 aromatic heterocycles. The highest BCUT2D eigenvalue weighted by Gasteiger charge is 2.20. The van der Waals surface area contributed by atoms with Crippen LogP contribution in [0.25, 0.3) is 0 Å². The molecular weight excluding hydrogens is 186 g/mol. The van der Waals surface area contributed by atoms with E-state index in [1.165, 1.54) is 31.4 Å². The van der Waals surface area contributed by atoms with Crippen molar-refractivity contribution in [2.75, 3.05) is 26.0 Å². The number of nitrogens with one attached hydrogen (secondary N) is 1. The molecule has 0 bridgehead atoms. The monoisotopic (exact) mass is 205 g/mol. The molecule has 2 heterocycles. The number of rotatable bonds is 2. The van der Waals surface area contributed by atoms with Gasteiger partial charge in [-0.3, -0.25) is 4.90 Å². The number of anilines is 1. The first kappa shape index (κ1) is 10.4. The van der Waals surface area contributed by atoms with E-state index < -0.39 is 0 Å². The first-order chi connectivity index (χ1) is 7.31. The highest BCUT2D eigenvalue weighted by molar-refractivity contribution is 5.35. The lowest BCUT2D eigenvalue weighted by atomic mass is 9.97. The molecule has 1 atom stereocenters. The SMILES string of the molecule is CNc1ccc(C2CCCCN2C)cn1. The quantitative estimate of drug-likeness (QED) is 0.803. The second-order valence-corrected chi connectivity index (χ2v) is 4.22. The maximum atomic E-state index is 4.37. The Balaban J connectivity index is 2.13. The Kier molecular flexibility index (Phi) is 3.21. The third kappa shape index (κ3) is 2.29. The number of likely N-dealkylation sites (tertiary alicyclic amines) is 1. The smallest absolute Gasteiger partial charge is 0.125 e. The van der Waals surface area contributed by atoms with E-state index in [1.807, 2.05) is 13.2 Å². The van der Waals surface area contributed by atoms with Crippen LogP contribution in [0.15, 0.2) is 18.3 Å². The lowest BCUT2D eigenvalue weighted by Gasteiger charge is -2.32. The van der Waals surface area contributed by atoms with Crippen molar-refractivity contribution in [1.82, 2.24) is 9.88 Å². The van der Waals surface area contributed by atoms with Gasteiger partial charge in [0.2, 0.25) is 0 Å². The van der Waals surface area contributed by atoms with Gasteiger partial charge in [0.25, 0.3) is 0 Å². The minimum Gasteiger partial charge on any atom is -0.373 e. The summed E-state index contributed by atoms with van der Waals surface area (Å²) in [5.74, 6) is 0.942. The molecule has 0 spiro atoms. The van der Waals surface area contributed by atoms with Gasteiger partial charge in [-0.1, -0.05) is 12.5 Å². The van der Waals surface area contributed by atoms with Crippen molar-refractivity contribution in [2.45, 2.75) is 25.3 Å². The summed E-state index contributed by atoms with van der Waals surface area (Å²) in [6.07, 6.45) is 5.92. The molecule has 3 heteroatoms. The summed E-state index contributed by atoms with van der Waals surface area (Å²) in [6, 6.07) is 4.81. The Morgan fingerprint density at radius 2 is 2.27 bits per heavy atom. The molecule has 0 radical (unpaired) electrons. The molecule has 0 aliphatic carbocycles. The van der Waals surface area contributed by atoms with Crippen molar-refractivity contribution in [2.24, 2.45) is 0 Å². The average Bonchev–Trinajstić information content (AvgIpc) is 2.30. The highest BCUT2D eigenvalue weighted by atomic mass is 15.1. The van der Waals surface area contributed by atoms with E-state index in [1.54, 1.807) is 0 Å². The van der Waals surface area contributed by atoms with E-state index in [4.69, 9.17) is 0 Å². The van der Waals surface area contributed by atoms with Gasteiger partial charge < -0.3 is 5.32 Å². The predicted octanol–water partition coefficient (Wildman–Crippen LogP) is 2.28. The number of aromatic nitrogens is 1. The Morgan fingerprint density at radius 3 is 2.87 bits per heavy atom. The molecule has 1 fully saturated rings. The predicted molar refractivity (Wildman–Crippen MR) is 63.0 cm³/mol. The highest BCUT2D eigenvalue weighted by Crippen LogP contribution is 2.29. The Morgan fingerprint density at radius 1 is 1.40 bits per heavy atom. The minimum atomic E-state index is 0.567. The molecule has 1 N–H and O–H groups in total. The molecule has 0 aromatic carbocycles. The standard InChI is InChI=1S/C12H19N3/c1-13-12-7-6-10(9-14-12)11-5-3-4-8-15(11)2/h6-7,9,11H,3-5,8H2,1-2H3,(H,13,14). The van der Waals surface area contributed by atoms with Gasteiger partial charge in [0, 0.05) is 19.3 Å². The van der Waals surface area contributed by atoms with Crippen molar-refractivity contribution < 1.29 is 0 Å². The van der Waals surface area contributed by atoms with Crippen LogP contribution in [0.5, 0.6) is 0 Å². The van der Waals surface area contributed by atoms with Crippen LogP contribution in [0.2, 0.25) is 0 Å². The lowest BCUT2D eigenvalue weighted by molar-refractivity contribution is 0.187. The molecule has 1 saturated heterocycles. The molecule has 1 unspecified atom stereocenters. The summed E-state index contributed by atoms with van der Waals surface area (Å²) < 4.78 is 0. The molecule has 1 aromatic rings. The largest absolute Gasteiger partial charge is 0.373 e. The number of nitrogens with zero attached hydrogens (tertiary/aromatic N) is 2. The van der Waals surface area contributed by atoms with E-state index in [0.717, 1.165) is 5.82 Å². The zero-order chi connectivity index (χ0) is 10.7. The van der Waals surface area contributed by atoms with Crippen molar-refractivity contribution in [1.29, 1.82) is 0 Å². The van der Waals surface area contributed by atoms with E-state index in [9.17, 15) is 0 Å². The summed E-state index contributed by atoms with van der Waals surface area (Å²) >= 11 is 0. The van der Waals surface area contributed by atoms with Crippen LogP contribution in [-0.4, -0.2) is 30.5 Å². The van der Waals surface area contributed by atoms with Gasteiger partial charge in [-0.2, -0.15) is 0 Å². The Hall–Kier alpha value is -1.09. The maximum absolute atomic E-state index is 4.37. The minimum absolute atomic E-state index is 0.567. The zero-order valence-electron chi connectivity index (χ0n) is 9.53. The van der Waals surface area contributed by atoms with Crippen LogP contribution in [0.1, 0.15) is 30.9 Å². The Labute approximate surface area is 91.5 Å². The number of piperidine rings is 1. The maximum Gasteiger partial charge on any atom is 0.125 e. The van der Waals surface area contributed by atoms with Crippen molar-refractivity contribution in [3.8, 4) is 0 Å². The van der Waals surface area contributed by atoms with Crippen molar-refractivity contribution in [3.63, 3.8) is 0 Å². The fourth-order valence-corrected chi connectivity index (χ4v) is 2.25. The summed E-state index contributed by atoms with van der Waals surface area (Å²) in [7, 11) is 4.10. The first-order valence-corrected chi connectivity index (χ1v) is 5.65. The van der Waals surface area contributed by atoms with Crippen LogP contribution in [0.4, 0.5) is 5.82 Å². The molecule has 0 saturated carbocycles. The second-order valence-electron chi connectivity index (χ2n) is 4.22. The third-order valence-corrected chi connectivity index (χ3v) is 3.20. The molecule has 1 aliphatic rings. The second kappa shape index (κ2) is 4.62. The topological polar surface area (TPSA) is 28.2 Å². The van der Waals surface area contributed by atoms with E-state index in [-0.39, 0.29) is 0 Å². The van der Waals surface area contributed by atoms with Crippen molar-refractivity contribution in [3.05, 3.63) is 23.9 Å². The van der Waals surface area contributed by atoms with Crippen LogP contribution < -0.4 is 5.32 Å². The summed E-state index contributed by atoms with van der Waals surface area (Å²) in [4.78, 5) is 6.80. The molecular formula is C12H19N3. The number of hydrogen-bond donors (Lipinski definition) is 1. The fourth-order valence-electron chi connectivity index (χ4n) is 2.25. The van der Waals surface area contributed by atoms with Gasteiger partial charge in [0.1, 0.15) is 5.82 Å². The molecule has 2 rings (SSSR count). The van der Waals surface area contributed by atoms with E-state index >= 15 is 0 Å². The zero-order valence-corrected chi connectivity index (χ0v) is 9.53. The van der Waals surface area contributed by atoms with Gasteiger partial charge in [0.05, 0.1) is 0 Å². The fraction of sp³-hybridized carbons (Fsp3) is 0.583. The average molecular weight is 205 g/mol. The van der Waals surface area contributed by atoms with Crippen molar-refractivity contribution >= 4 is 5.82 Å². The van der Waals surface area contributed by atoms with Gasteiger partial charge in [0.15, 0.2) is 0 Å². The molecule has 1 aliphatic heterocycles.